The normalized spacial score (nSPS) is 14.6. The molecule has 1 aliphatic carbocycles. The van der Waals surface area contributed by atoms with Gasteiger partial charge in [0.15, 0.2) is 0 Å². The number of amides is 2. The largest absolute Gasteiger partial charge is 0.348 e. The molecule has 0 aliphatic heterocycles. The van der Waals surface area contributed by atoms with Crippen LogP contribution in [0.1, 0.15) is 37.1 Å². The van der Waals surface area contributed by atoms with E-state index in [4.69, 9.17) is 0 Å². The second kappa shape index (κ2) is 8.03. The van der Waals surface area contributed by atoms with E-state index in [2.05, 4.69) is 26.6 Å². The van der Waals surface area contributed by atoms with Crippen LogP contribution >= 0.6 is 15.9 Å². The van der Waals surface area contributed by atoms with Crippen LogP contribution in [-0.4, -0.2) is 16.4 Å². The number of halogens is 1. The molecule has 29 heavy (non-hydrogen) atoms. The van der Waals surface area contributed by atoms with Crippen molar-refractivity contribution in [2.45, 2.75) is 39.3 Å². The average Bonchev–Trinajstić information content (AvgIpc) is 3.54. The quantitative estimate of drug-likeness (QED) is 0.555. The van der Waals surface area contributed by atoms with E-state index in [1.807, 2.05) is 66.9 Å². The lowest BCUT2D eigenvalue weighted by Crippen LogP contribution is -2.30. The van der Waals surface area contributed by atoms with E-state index in [1.54, 1.807) is 0 Å². The molecular weight excluding hydrogens is 430 g/mol. The fraction of sp³-hybridized carbons (Fsp3) is 0.304. The van der Waals surface area contributed by atoms with Crippen LogP contribution < -0.4 is 10.6 Å². The van der Waals surface area contributed by atoms with E-state index in [0.29, 0.717) is 0 Å². The maximum atomic E-state index is 12.7. The maximum Gasteiger partial charge on any atom is 0.240 e. The number of carbonyl (C=O) groups excluding carboxylic acids is 2. The Hall–Kier alpha value is -2.60. The van der Waals surface area contributed by atoms with Crippen LogP contribution in [0, 0.1) is 12.8 Å². The van der Waals surface area contributed by atoms with E-state index < -0.39 is 0 Å². The summed E-state index contributed by atoms with van der Waals surface area (Å²) in [6.07, 6.45) is 1.97. The second-order valence-electron chi connectivity index (χ2n) is 7.68. The highest BCUT2D eigenvalue weighted by atomic mass is 79.9. The SMILES string of the molecule is Cc1c(Br)c2ccccc2n1CC(=O)NC(C)c1ccc(NC(=O)C2CC2)cc1. The average molecular weight is 454 g/mol. The third-order valence-corrected chi connectivity index (χ3v) is 6.46. The zero-order chi connectivity index (χ0) is 20.5. The minimum atomic E-state index is -0.124. The molecular formula is C23H24BrN3O2. The fourth-order valence-electron chi connectivity index (χ4n) is 3.55. The van der Waals surface area contributed by atoms with Gasteiger partial charge in [-0.3, -0.25) is 9.59 Å². The molecule has 2 aromatic carbocycles. The Morgan fingerprint density at radius 2 is 1.83 bits per heavy atom. The van der Waals surface area contributed by atoms with Gasteiger partial charge in [-0.1, -0.05) is 30.3 Å². The highest BCUT2D eigenvalue weighted by molar-refractivity contribution is 9.10. The predicted molar refractivity (Wildman–Crippen MR) is 119 cm³/mol. The number of para-hydroxylation sites is 1. The summed E-state index contributed by atoms with van der Waals surface area (Å²) in [5.41, 5.74) is 3.86. The van der Waals surface area contributed by atoms with Gasteiger partial charge in [-0.2, -0.15) is 0 Å². The van der Waals surface area contributed by atoms with Gasteiger partial charge in [0.05, 0.1) is 6.04 Å². The van der Waals surface area contributed by atoms with Gasteiger partial charge in [-0.15, -0.1) is 0 Å². The van der Waals surface area contributed by atoms with Crippen LogP contribution in [0.3, 0.4) is 0 Å². The van der Waals surface area contributed by atoms with Gasteiger partial charge in [-0.05, 0) is 66.4 Å². The summed E-state index contributed by atoms with van der Waals surface area (Å²) in [6, 6.07) is 15.6. The van der Waals surface area contributed by atoms with Crippen molar-refractivity contribution in [2.75, 3.05) is 5.32 Å². The zero-order valence-corrected chi connectivity index (χ0v) is 18.1. The van der Waals surface area contributed by atoms with Crippen molar-refractivity contribution in [3.05, 3.63) is 64.3 Å². The van der Waals surface area contributed by atoms with Crippen molar-refractivity contribution in [1.29, 1.82) is 0 Å². The van der Waals surface area contributed by atoms with Crippen LogP contribution in [0.4, 0.5) is 5.69 Å². The number of nitrogens with one attached hydrogen (secondary N) is 2. The summed E-state index contributed by atoms with van der Waals surface area (Å²) >= 11 is 3.63. The molecule has 1 saturated carbocycles. The van der Waals surface area contributed by atoms with Crippen LogP contribution in [0.2, 0.25) is 0 Å². The molecule has 6 heteroatoms. The highest BCUT2D eigenvalue weighted by Gasteiger charge is 2.29. The van der Waals surface area contributed by atoms with Gasteiger partial charge >= 0.3 is 0 Å². The maximum absolute atomic E-state index is 12.7. The summed E-state index contributed by atoms with van der Waals surface area (Å²) < 4.78 is 3.05. The summed E-state index contributed by atoms with van der Waals surface area (Å²) in [7, 11) is 0. The number of carbonyl (C=O) groups is 2. The fourth-order valence-corrected chi connectivity index (χ4v) is 4.10. The van der Waals surface area contributed by atoms with Crippen molar-refractivity contribution in [3.8, 4) is 0 Å². The standard InChI is InChI=1S/C23H24BrN3O2/c1-14(16-9-11-18(12-10-16)26-23(29)17-7-8-17)25-21(28)13-27-15(2)22(24)19-5-3-4-6-20(19)27/h3-6,9-12,14,17H,7-8,13H2,1-2H3,(H,25,28)(H,26,29). The molecule has 1 aromatic heterocycles. The topological polar surface area (TPSA) is 63.1 Å². The predicted octanol–water partition coefficient (Wildman–Crippen LogP) is 4.94. The molecule has 1 aliphatic rings. The van der Waals surface area contributed by atoms with Crippen LogP contribution in [-0.2, 0) is 16.1 Å². The van der Waals surface area contributed by atoms with Crippen molar-refractivity contribution < 1.29 is 9.59 Å². The lowest BCUT2D eigenvalue weighted by Gasteiger charge is -2.16. The third-order valence-electron chi connectivity index (χ3n) is 5.46. The van der Waals surface area contributed by atoms with Gasteiger partial charge < -0.3 is 15.2 Å². The van der Waals surface area contributed by atoms with Crippen LogP contribution in [0.5, 0.6) is 0 Å². The molecule has 0 saturated heterocycles. The molecule has 1 heterocycles. The van der Waals surface area contributed by atoms with Gasteiger partial charge in [0, 0.05) is 32.7 Å². The molecule has 1 fully saturated rings. The Bertz CT molecular complexity index is 1070. The van der Waals surface area contributed by atoms with E-state index in [9.17, 15) is 9.59 Å². The molecule has 0 radical (unpaired) electrons. The first kappa shape index (κ1) is 19.7. The zero-order valence-electron chi connectivity index (χ0n) is 16.5. The molecule has 4 rings (SSSR count). The van der Waals surface area contributed by atoms with Gasteiger partial charge in [0.1, 0.15) is 6.54 Å². The number of nitrogens with zero attached hydrogens (tertiary/aromatic N) is 1. The van der Waals surface area contributed by atoms with Crippen molar-refractivity contribution >= 4 is 44.3 Å². The Kier molecular flexibility index (Phi) is 5.46. The van der Waals surface area contributed by atoms with E-state index in [1.165, 1.54) is 0 Å². The molecule has 5 nitrogen and oxygen atoms in total. The molecule has 1 atom stereocenters. The van der Waals surface area contributed by atoms with Crippen molar-refractivity contribution in [1.82, 2.24) is 9.88 Å². The van der Waals surface area contributed by atoms with Crippen LogP contribution in [0.25, 0.3) is 10.9 Å². The number of fused-ring (bicyclic) bond motifs is 1. The summed E-state index contributed by atoms with van der Waals surface area (Å²) in [4.78, 5) is 24.6. The van der Waals surface area contributed by atoms with E-state index in [0.717, 1.165) is 45.2 Å². The molecule has 3 aromatic rings. The monoisotopic (exact) mass is 453 g/mol. The van der Waals surface area contributed by atoms with Gasteiger partial charge in [0.2, 0.25) is 11.8 Å². The van der Waals surface area contributed by atoms with Crippen LogP contribution in [0.15, 0.2) is 53.0 Å². The van der Waals surface area contributed by atoms with E-state index in [-0.39, 0.29) is 30.3 Å². The first-order chi connectivity index (χ1) is 13.9. The molecule has 0 spiro atoms. The number of hydrogen-bond donors (Lipinski definition) is 2. The Balaban J connectivity index is 1.41. The summed E-state index contributed by atoms with van der Waals surface area (Å²) in [5.74, 6) is 0.237. The van der Waals surface area contributed by atoms with Crippen molar-refractivity contribution in [2.24, 2.45) is 5.92 Å². The Morgan fingerprint density at radius 1 is 1.14 bits per heavy atom. The lowest BCUT2D eigenvalue weighted by atomic mass is 10.1. The first-order valence-electron chi connectivity index (χ1n) is 9.87. The van der Waals surface area contributed by atoms with Gasteiger partial charge in [-0.25, -0.2) is 0 Å². The van der Waals surface area contributed by atoms with Gasteiger partial charge in [0.25, 0.3) is 0 Å². The lowest BCUT2D eigenvalue weighted by molar-refractivity contribution is -0.122. The first-order valence-corrected chi connectivity index (χ1v) is 10.7. The number of rotatable bonds is 6. The van der Waals surface area contributed by atoms with Crippen molar-refractivity contribution in [3.63, 3.8) is 0 Å². The molecule has 1 unspecified atom stereocenters. The Morgan fingerprint density at radius 3 is 2.52 bits per heavy atom. The number of benzene rings is 2. The number of aromatic nitrogens is 1. The molecule has 2 N–H and O–H groups in total. The number of anilines is 1. The molecule has 0 bridgehead atoms. The highest BCUT2D eigenvalue weighted by Crippen LogP contribution is 2.31. The minimum absolute atomic E-state index is 0.0417. The van der Waals surface area contributed by atoms with E-state index >= 15 is 0 Å². The third kappa shape index (κ3) is 4.22. The second-order valence-corrected chi connectivity index (χ2v) is 8.47. The molecule has 2 amide bonds. The summed E-state index contributed by atoms with van der Waals surface area (Å²) in [6.45, 7) is 4.24. The smallest absolute Gasteiger partial charge is 0.240 e. The Labute approximate surface area is 178 Å². The minimum Gasteiger partial charge on any atom is -0.348 e. The molecule has 150 valence electrons. The summed E-state index contributed by atoms with van der Waals surface area (Å²) in [5, 5.41) is 7.11. The number of hydrogen-bond acceptors (Lipinski definition) is 2.